The van der Waals surface area contributed by atoms with E-state index in [1.807, 2.05) is 25.2 Å². The summed E-state index contributed by atoms with van der Waals surface area (Å²) < 4.78 is 1.80. The van der Waals surface area contributed by atoms with Gasteiger partial charge in [0.2, 0.25) is 0 Å². The highest BCUT2D eigenvalue weighted by Gasteiger charge is 2.26. The summed E-state index contributed by atoms with van der Waals surface area (Å²) in [4.78, 5) is 14.1. The first kappa shape index (κ1) is 14.7. The van der Waals surface area contributed by atoms with Crippen molar-refractivity contribution in [3.63, 3.8) is 0 Å². The van der Waals surface area contributed by atoms with E-state index < -0.39 is 0 Å². The van der Waals surface area contributed by atoms with Crippen LogP contribution in [0, 0.1) is 0 Å². The number of rotatable bonds is 3. The number of carbonyl (C=O) groups excluding carboxylic acids is 1. The van der Waals surface area contributed by atoms with Gasteiger partial charge in [0, 0.05) is 27.1 Å². The van der Waals surface area contributed by atoms with Crippen LogP contribution < -0.4 is 0 Å². The van der Waals surface area contributed by atoms with E-state index in [-0.39, 0.29) is 11.4 Å². The second-order valence-corrected chi connectivity index (χ2v) is 6.52. The molecule has 2 nitrogen and oxygen atoms in total. The summed E-state index contributed by atoms with van der Waals surface area (Å²) in [7, 11) is 1.85. The normalized spacial score (nSPS) is 11.4. The van der Waals surface area contributed by atoms with Crippen LogP contribution in [0.15, 0.2) is 27.1 Å². The Bertz CT molecular complexity index is 409. The summed E-state index contributed by atoms with van der Waals surface area (Å²) in [6.07, 6.45) is 0.921. The number of hydrogen-bond acceptors (Lipinski definition) is 1. The van der Waals surface area contributed by atoms with Gasteiger partial charge in [-0.15, -0.1) is 0 Å². The third-order valence-electron chi connectivity index (χ3n) is 3.19. The van der Waals surface area contributed by atoms with Gasteiger partial charge in [-0.1, -0.05) is 38.8 Å². The highest BCUT2D eigenvalue weighted by molar-refractivity contribution is 9.11. The van der Waals surface area contributed by atoms with Crippen molar-refractivity contribution in [2.45, 2.75) is 32.7 Å². The number of carbonyl (C=O) groups is 1. The van der Waals surface area contributed by atoms with Crippen LogP contribution in [0.5, 0.6) is 0 Å². The van der Waals surface area contributed by atoms with E-state index in [4.69, 9.17) is 0 Å². The molecule has 0 aliphatic heterocycles. The quantitative estimate of drug-likeness (QED) is 0.776. The predicted octanol–water partition coefficient (Wildman–Crippen LogP) is 4.47. The topological polar surface area (TPSA) is 20.3 Å². The molecular weight excluding hydrogens is 346 g/mol. The Morgan fingerprint density at radius 1 is 1.24 bits per heavy atom. The Labute approximate surface area is 120 Å². The molecule has 0 bridgehead atoms. The Hall–Kier alpha value is -0.350. The molecule has 1 rings (SSSR count). The first-order valence-electron chi connectivity index (χ1n) is 5.52. The molecule has 0 saturated heterocycles. The van der Waals surface area contributed by atoms with E-state index in [2.05, 4.69) is 52.6 Å². The van der Waals surface area contributed by atoms with Gasteiger partial charge in [0.15, 0.2) is 0 Å². The summed E-state index contributed by atoms with van der Waals surface area (Å²) in [5, 5.41) is 0. The lowest BCUT2D eigenvalue weighted by Crippen LogP contribution is -2.44. The van der Waals surface area contributed by atoms with Crippen molar-refractivity contribution in [1.29, 1.82) is 0 Å². The zero-order chi connectivity index (χ0) is 13.2. The molecule has 0 atom stereocenters. The molecular formula is C13H17Br2NO. The predicted molar refractivity (Wildman–Crippen MR) is 78.3 cm³/mol. The number of nitrogens with zero attached hydrogens (tertiary/aromatic N) is 1. The number of benzene rings is 1. The maximum absolute atomic E-state index is 12.3. The smallest absolute Gasteiger partial charge is 0.254 e. The van der Waals surface area contributed by atoms with E-state index in [9.17, 15) is 4.79 Å². The van der Waals surface area contributed by atoms with Crippen molar-refractivity contribution in [3.8, 4) is 0 Å². The third-order valence-corrected chi connectivity index (χ3v) is 4.10. The minimum absolute atomic E-state index is 0.0406. The van der Waals surface area contributed by atoms with E-state index in [0.717, 1.165) is 15.4 Å². The number of hydrogen-bond donors (Lipinski definition) is 0. The molecule has 0 unspecified atom stereocenters. The van der Waals surface area contributed by atoms with Crippen LogP contribution in [0.1, 0.15) is 37.6 Å². The molecule has 0 radical (unpaired) electrons. The molecule has 0 aliphatic rings. The van der Waals surface area contributed by atoms with Crippen molar-refractivity contribution in [3.05, 3.63) is 32.7 Å². The molecule has 17 heavy (non-hydrogen) atoms. The number of halogens is 2. The fourth-order valence-electron chi connectivity index (χ4n) is 1.38. The van der Waals surface area contributed by atoms with Gasteiger partial charge in [0.05, 0.1) is 0 Å². The Kier molecular flexibility index (Phi) is 4.78. The fraction of sp³-hybridized carbons (Fsp3) is 0.462. The first-order valence-corrected chi connectivity index (χ1v) is 7.11. The average Bonchev–Trinajstić information content (AvgIpc) is 2.25. The maximum atomic E-state index is 12.3. The molecule has 1 aromatic carbocycles. The van der Waals surface area contributed by atoms with Crippen molar-refractivity contribution >= 4 is 37.8 Å². The van der Waals surface area contributed by atoms with E-state index in [0.29, 0.717) is 5.56 Å². The average molecular weight is 363 g/mol. The first-order chi connectivity index (χ1) is 7.77. The van der Waals surface area contributed by atoms with Gasteiger partial charge < -0.3 is 4.90 Å². The Morgan fingerprint density at radius 2 is 1.71 bits per heavy atom. The van der Waals surface area contributed by atoms with Gasteiger partial charge in [0.1, 0.15) is 0 Å². The van der Waals surface area contributed by atoms with Crippen LogP contribution in [0.2, 0.25) is 0 Å². The molecule has 0 saturated carbocycles. The Balaban J connectivity index is 3.04. The molecule has 0 heterocycles. The summed E-state index contributed by atoms with van der Waals surface area (Å²) >= 11 is 6.79. The standard InChI is InChI=1S/C13H17Br2NO/c1-5-13(2,3)16(4)12(17)9-6-10(14)8-11(15)7-9/h6-8H,5H2,1-4H3. The van der Waals surface area contributed by atoms with Crippen LogP contribution >= 0.6 is 31.9 Å². The van der Waals surface area contributed by atoms with Gasteiger partial charge in [-0.2, -0.15) is 0 Å². The van der Waals surface area contributed by atoms with Gasteiger partial charge in [-0.05, 0) is 38.5 Å². The van der Waals surface area contributed by atoms with Crippen LogP contribution in [0.3, 0.4) is 0 Å². The van der Waals surface area contributed by atoms with Crippen molar-refractivity contribution in [2.75, 3.05) is 7.05 Å². The zero-order valence-electron chi connectivity index (χ0n) is 10.6. The van der Waals surface area contributed by atoms with Gasteiger partial charge in [-0.25, -0.2) is 0 Å². The summed E-state index contributed by atoms with van der Waals surface area (Å²) in [5.41, 5.74) is 0.557. The molecule has 4 heteroatoms. The molecule has 0 aromatic heterocycles. The SMILES string of the molecule is CCC(C)(C)N(C)C(=O)c1cc(Br)cc(Br)c1. The van der Waals surface area contributed by atoms with Crippen molar-refractivity contribution < 1.29 is 4.79 Å². The number of amides is 1. The molecule has 0 N–H and O–H groups in total. The highest BCUT2D eigenvalue weighted by atomic mass is 79.9. The van der Waals surface area contributed by atoms with Crippen LogP contribution in [0.25, 0.3) is 0 Å². The lowest BCUT2D eigenvalue weighted by Gasteiger charge is -2.35. The van der Waals surface area contributed by atoms with Crippen LogP contribution in [0.4, 0.5) is 0 Å². The molecule has 1 amide bonds. The molecule has 0 spiro atoms. The fourth-order valence-corrected chi connectivity index (χ4v) is 2.68. The molecule has 94 valence electrons. The minimum atomic E-state index is -0.133. The van der Waals surface area contributed by atoms with Gasteiger partial charge in [-0.3, -0.25) is 4.79 Å². The monoisotopic (exact) mass is 361 g/mol. The lowest BCUT2D eigenvalue weighted by molar-refractivity contribution is 0.0620. The maximum Gasteiger partial charge on any atom is 0.254 e. The second kappa shape index (κ2) is 5.53. The highest BCUT2D eigenvalue weighted by Crippen LogP contribution is 2.24. The largest absolute Gasteiger partial charge is 0.337 e. The van der Waals surface area contributed by atoms with E-state index in [1.54, 1.807) is 4.90 Å². The summed E-state index contributed by atoms with van der Waals surface area (Å²) in [6.45, 7) is 6.22. The summed E-state index contributed by atoms with van der Waals surface area (Å²) in [6, 6.07) is 5.60. The minimum Gasteiger partial charge on any atom is -0.337 e. The Morgan fingerprint density at radius 3 is 2.12 bits per heavy atom. The van der Waals surface area contributed by atoms with Crippen LogP contribution in [-0.2, 0) is 0 Å². The van der Waals surface area contributed by atoms with Gasteiger partial charge in [0.25, 0.3) is 5.91 Å². The molecule has 1 aromatic rings. The molecule has 0 aliphatic carbocycles. The van der Waals surface area contributed by atoms with Crippen molar-refractivity contribution in [1.82, 2.24) is 4.90 Å². The second-order valence-electron chi connectivity index (χ2n) is 4.69. The zero-order valence-corrected chi connectivity index (χ0v) is 13.7. The third kappa shape index (κ3) is 3.55. The molecule has 0 fully saturated rings. The summed E-state index contributed by atoms with van der Waals surface area (Å²) in [5.74, 6) is 0.0406. The van der Waals surface area contributed by atoms with Gasteiger partial charge >= 0.3 is 0 Å². The van der Waals surface area contributed by atoms with E-state index in [1.165, 1.54) is 0 Å². The van der Waals surface area contributed by atoms with E-state index >= 15 is 0 Å². The lowest BCUT2D eigenvalue weighted by atomic mass is 9.99. The van der Waals surface area contributed by atoms with Crippen molar-refractivity contribution in [2.24, 2.45) is 0 Å². The van der Waals surface area contributed by atoms with Crippen LogP contribution in [-0.4, -0.2) is 23.4 Å².